The molecule has 0 saturated carbocycles. The summed E-state index contributed by atoms with van der Waals surface area (Å²) in [5, 5.41) is 3.10. The van der Waals surface area contributed by atoms with Gasteiger partial charge in [0.15, 0.2) is 0 Å². The van der Waals surface area contributed by atoms with E-state index in [2.05, 4.69) is 31.2 Å². The first-order chi connectivity index (χ1) is 8.75. The van der Waals surface area contributed by atoms with E-state index in [0.717, 1.165) is 26.0 Å². The van der Waals surface area contributed by atoms with Crippen molar-refractivity contribution < 1.29 is 9.47 Å². The lowest BCUT2D eigenvalue weighted by Gasteiger charge is -2.06. The molecule has 0 unspecified atom stereocenters. The third kappa shape index (κ3) is 5.61. The Kier molecular flexibility index (Phi) is 7.63. The number of aromatic amines is 1. The largest absolute Gasteiger partial charge is 0.382 e. The summed E-state index contributed by atoms with van der Waals surface area (Å²) in [7, 11) is 1.65. The average molecular weight is 320 g/mol. The second kappa shape index (κ2) is 9.07. The van der Waals surface area contributed by atoms with Gasteiger partial charge in [-0.3, -0.25) is 4.79 Å². The molecule has 0 bridgehead atoms. The number of unbranched alkanes of at least 4 members (excludes halogenated alkanes) is 1. The number of methoxy groups -OCH3 is 1. The molecular weight excluding hydrogens is 302 g/mol. The van der Waals surface area contributed by atoms with Crippen LogP contribution in [0.15, 0.2) is 15.6 Å². The van der Waals surface area contributed by atoms with Crippen LogP contribution in [0.1, 0.15) is 12.8 Å². The van der Waals surface area contributed by atoms with Crippen molar-refractivity contribution in [3.8, 4) is 0 Å². The maximum atomic E-state index is 11.3. The molecule has 0 amide bonds. The summed E-state index contributed by atoms with van der Waals surface area (Å²) in [5.74, 6) is 0.569. The second-order valence-corrected chi connectivity index (χ2v) is 4.43. The van der Waals surface area contributed by atoms with Gasteiger partial charge in [0.1, 0.15) is 10.3 Å². The van der Waals surface area contributed by atoms with E-state index in [-0.39, 0.29) is 5.56 Å². The lowest BCUT2D eigenvalue weighted by molar-refractivity contribution is 0.0691. The van der Waals surface area contributed by atoms with Crippen molar-refractivity contribution in [3.63, 3.8) is 0 Å². The van der Waals surface area contributed by atoms with Crippen LogP contribution >= 0.6 is 15.9 Å². The van der Waals surface area contributed by atoms with Crippen LogP contribution in [0.4, 0.5) is 5.82 Å². The molecular formula is C11H18BrN3O3. The fourth-order valence-corrected chi connectivity index (χ4v) is 1.64. The minimum atomic E-state index is -0.185. The van der Waals surface area contributed by atoms with Crippen LogP contribution in [0, 0.1) is 0 Å². The number of nitrogens with zero attached hydrogens (tertiary/aromatic N) is 1. The fraction of sp³-hybridized carbons (Fsp3) is 0.636. The molecule has 0 fully saturated rings. The Hall–Kier alpha value is -0.920. The Morgan fingerprint density at radius 2 is 2.22 bits per heavy atom. The van der Waals surface area contributed by atoms with Crippen LogP contribution < -0.4 is 10.9 Å². The normalized spacial score (nSPS) is 10.6. The molecule has 2 N–H and O–H groups in total. The number of nitrogens with one attached hydrogen (secondary N) is 2. The highest BCUT2D eigenvalue weighted by atomic mass is 79.9. The van der Waals surface area contributed by atoms with Crippen molar-refractivity contribution in [2.45, 2.75) is 12.8 Å². The van der Waals surface area contributed by atoms with E-state index in [1.54, 1.807) is 7.11 Å². The molecule has 0 saturated heterocycles. The molecule has 102 valence electrons. The summed E-state index contributed by atoms with van der Waals surface area (Å²) in [6, 6.07) is 0. The molecule has 1 heterocycles. The van der Waals surface area contributed by atoms with Gasteiger partial charge < -0.3 is 19.8 Å². The number of halogens is 1. The predicted molar refractivity (Wildman–Crippen MR) is 73.0 cm³/mol. The van der Waals surface area contributed by atoms with Crippen molar-refractivity contribution in [1.29, 1.82) is 0 Å². The first kappa shape index (κ1) is 15.1. The van der Waals surface area contributed by atoms with Crippen LogP contribution in [0.2, 0.25) is 0 Å². The highest BCUT2D eigenvalue weighted by molar-refractivity contribution is 9.10. The minimum Gasteiger partial charge on any atom is -0.382 e. The van der Waals surface area contributed by atoms with Crippen molar-refractivity contribution in [3.05, 3.63) is 21.2 Å². The maximum Gasteiger partial charge on any atom is 0.267 e. The number of anilines is 1. The maximum absolute atomic E-state index is 11.3. The van der Waals surface area contributed by atoms with Crippen LogP contribution in [0.3, 0.4) is 0 Å². The van der Waals surface area contributed by atoms with E-state index in [0.29, 0.717) is 23.5 Å². The zero-order valence-electron chi connectivity index (χ0n) is 10.4. The Morgan fingerprint density at radius 1 is 1.39 bits per heavy atom. The number of rotatable bonds is 9. The third-order valence-electron chi connectivity index (χ3n) is 2.24. The molecule has 1 rings (SSSR count). The van der Waals surface area contributed by atoms with Crippen molar-refractivity contribution >= 4 is 21.7 Å². The summed E-state index contributed by atoms with van der Waals surface area (Å²) in [4.78, 5) is 17.8. The Balaban J connectivity index is 2.11. The minimum absolute atomic E-state index is 0.185. The SMILES string of the molecule is COCCOCCCCNc1nc[nH]c(=O)c1Br. The molecule has 0 aliphatic rings. The Labute approximate surface area is 114 Å². The van der Waals surface area contributed by atoms with E-state index in [1.165, 1.54) is 6.33 Å². The summed E-state index contributed by atoms with van der Waals surface area (Å²) in [6.45, 7) is 2.73. The van der Waals surface area contributed by atoms with Gasteiger partial charge >= 0.3 is 0 Å². The van der Waals surface area contributed by atoms with E-state index in [1.807, 2.05) is 0 Å². The number of H-pyrrole nitrogens is 1. The monoisotopic (exact) mass is 319 g/mol. The van der Waals surface area contributed by atoms with Crippen LogP contribution in [-0.2, 0) is 9.47 Å². The summed E-state index contributed by atoms with van der Waals surface area (Å²) in [5.41, 5.74) is -0.185. The Morgan fingerprint density at radius 3 is 3.00 bits per heavy atom. The van der Waals surface area contributed by atoms with Gasteiger partial charge in [0.25, 0.3) is 5.56 Å². The van der Waals surface area contributed by atoms with Gasteiger partial charge in [-0.1, -0.05) is 0 Å². The molecule has 0 aliphatic carbocycles. The van der Waals surface area contributed by atoms with Crippen LogP contribution in [-0.4, -0.2) is 43.4 Å². The third-order valence-corrected chi connectivity index (χ3v) is 2.97. The zero-order chi connectivity index (χ0) is 13.2. The van der Waals surface area contributed by atoms with Crippen molar-refractivity contribution in [1.82, 2.24) is 9.97 Å². The van der Waals surface area contributed by atoms with Crippen LogP contribution in [0.5, 0.6) is 0 Å². The first-order valence-corrected chi connectivity index (χ1v) is 6.58. The molecule has 6 nitrogen and oxygen atoms in total. The number of ether oxygens (including phenoxy) is 2. The van der Waals surface area contributed by atoms with E-state index >= 15 is 0 Å². The number of aromatic nitrogens is 2. The van der Waals surface area contributed by atoms with Gasteiger partial charge in [-0.05, 0) is 28.8 Å². The molecule has 0 aromatic carbocycles. The van der Waals surface area contributed by atoms with Crippen molar-refractivity contribution in [2.75, 3.05) is 38.8 Å². The van der Waals surface area contributed by atoms with Gasteiger partial charge in [-0.2, -0.15) is 0 Å². The molecule has 0 aliphatic heterocycles. The lowest BCUT2D eigenvalue weighted by Crippen LogP contribution is -2.13. The smallest absolute Gasteiger partial charge is 0.267 e. The van der Waals surface area contributed by atoms with Gasteiger partial charge in [0, 0.05) is 20.3 Å². The average Bonchev–Trinajstić information content (AvgIpc) is 2.37. The molecule has 1 aromatic heterocycles. The molecule has 0 radical (unpaired) electrons. The van der Waals surface area contributed by atoms with E-state index in [4.69, 9.17) is 9.47 Å². The molecule has 18 heavy (non-hydrogen) atoms. The van der Waals surface area contributed by atoms with Gasteiger partial charge in [-0.25, -0.2) is 4.98 Å². The topological polar surface area (TPSA) is 76.2 Å². The van der Waals surface area contributed by atoms with E-state index < -0.39 is 0 Å². The highest BCUT2D eigenvalue weighted by Gasteiger charge is 2.03. The zero-order valence-corrected chi connectivity index (χ0v) is 12.0. The molecule has 1 aromatic rings. The summed E-state index contributed by atoms with van der Waals surface area (Å²) < 4.78 is 10.6. The quantitative estimate of drug-likeness (QED) is 0.673. The molecule has 7 heteroatoms. The van der Waals surface area contributed by atoms with Gasteiger partial charge in [0.05, 0.1) is 19.5 Å². The van der Waals surface area contributed by atoms with E-state index in [9.17, 15) is 4.79 Å². The highest BCUT2D eigenvalue weighted by Crippen LogP contribution is 2.12. The standard InChI is InChI=1S/C11H18BrN3O3/c1-17-6-7-18-5-3-2-4-13-10-9(12)11(16)15-8-14-10/h8H,2-7H2,1H3,(H2,13,14,15,16). The van der Waals surface area contributed by atoms with Crippen molar-refractivity contribution in [2.24, 2.45) is 0 Å². The first-order valence-electron chi connectivity index (χ1n) is 5.79. The number of hydrogen-bond donors (Lipinski definition) is 2. The fourth-order valence-electron chi connectivity index (χ4n) is 1.29. The predicted octanol–water partition coefficient (Wildman–Crippen LogP) is 1.39. The second-order valence-electron chi connectivity index (χ2n) is 3.63. The summed E-state index contributed by atoms with van der Waals surface area (Å²) >= 11 is 3.18. The van der Waals surface area contributed by atoms with Crippen LogP contribution in [0.25, 0.3) is 0 Å². The molecule has 0 atom stereocenters. The number of hydrogen-bond acceptors (Lipinski definition) is 5. The van der Waals surface area contributed by atoms with Gasteiger partial charge in [-0.15, -0.1) is 0 Å². The van der Waals surface area contributed by atoms with Gasteiger partial charge in [0.2, 0.25) is 0 Å². The summed E-state index contributed by atoms with van der Waals surface area (Å²) in [6.07, 6.45) is 3.29. The lowest BCUT2D eigenvalue weighted by atomic mass is 10.3. The Bertz CT molecular complexity index is 397. The molecule has 0 spiro atoms.